The summed E-state index contributed by atoms with van der Waals surface area (Å²) in [6.07, 6.45) is 11.6. The van der Waals surface area contributed by atoms with Crippen LogP contribution in [0.15, 0.2) is 97.8 Å². The number of anilines is 2. The van der Waals surface area contributed by atoms with Crippen molar-refractivity contribution in [3.05, 3.63) is 121 Å². The molecule has 1 atom stereocenters. The molecule has 14 heteroatoms. The van der Waals surface area contributed by atoms with Gasteiger partial charge in [-0.25, -0.2) is 17.7 Å². The molecule has 4 N–H and O–H groups in total. The number of rotatable bonds is 10. The van der Waals surface area contributed by atoms with Crippen molar-refractivity contribution in [3.63, 3.8) is 0 Å². The molecule has 6 heterocycles. The average molecular weight is 757 g/mol. The van der Waals surface area contributed by atoms with E-state index in [2.05, 4.69) is 40.9 Å². The maximum atomic E-state index is 15.5. The van der Waals surface area contributed by atoms with Crippen molar-refractivity contribution in [2.45, 2.75) is 40.2 Å². The highest BCUT2D eigenvalue weighted by atomic mass is 19.1. The third kappa shape index (κ3) is 7.89. The summed E-state index contributed by atoms with van der Waals surface area (Å²) in [5.41, 5.74) is 20.2. The van der Waals surface area contributed by atoms with Crippen molar-refractivity contribution < 1.29 is 22.5 Å². The Hall–Kier alpha value is -5.99. The van der Waals surface area contributed by atoms with Gasteiger partial charge in [-0.3, -0.25) is 14.6 Å². The van der Waals surface area contributed by atoms with E-state index in [-0.39, 0.29) is 22.7 Å². The zero-order valence-corrected chi connectivity index (χ0v) is 31.2. The Morgan fingerprint density at radius 1 is 0.750 bits per heavy atom. The molecule has 8 rings (SSSR count). The van der Waals surface area contributed by atoms with Crippen molar-refractivity contribution in [1.82, 2.24) is 29.4 Å². The summed E-state index contributed by atoms with van der Waals surface area (Å²) in [6, 6.07) is 16.8. The van der Waals surface area contributed by atoms with Crippen LogP contribution in [-0.2, 0) is 22.3 Å². The van der Waals surface area contributed by atoms with Crippen molar-refractivity contribution in [3.8, 4) is 44.8 Å². The molecule has 284 valence electrons. The van der Waals surface area contributed by atoms with Gasteiger partial charge in [0.1, 0.15) is 23.0 Å². The highest BCUT2D eigenvalue weighted by molar-refractivity contribution is 6.61. The number of hydrogen-bond acceptors (Lipinski definition) is 8. The molecule has 1 saturated heterocycles. The van der Waals surface area contributed by atoms with E-state index < -0.39 is 24.6 Å². The molecule has 1 aliphatic heterocycles. The number of halogens is 3. The zero-order valence-electron chi connectivity index (χ0n) is 31.2. The standard InChI is InChI=1S/C42H40BF3N8O2/c1-25(8-26-9-37(45)41(49-17-26)30-11-32(15-35(48)14-30)43-55-23-42(2,3)24-56-43)6-7-53-21-31(18-51-53)27-4-5-39-36(20-52-54(39)22-27)28-10-29(13-34(47)12-28)40-38(46)16-33(44)19-50-40/h4-5,9-22,25H,6-8,23-24,47-48H2,1-3H3. The molecule has 0 bridgehead atoms. The average Bonchev–Trinajstić information content (AvgIpc) is 3.81. The van der Waals surface area contributed by atoms with E-state index in [1.165, 1.54) is 0 Å². The van der Waals surface area contributed by atoms with Crippen LogP contribution in [0.4, 0.5) is 24.5 Å². The fourth-order valence-electron chi connectivity index (χ4n) is 7.08. The largest absolute Gasteiger partial charge is 0.493 e. The lowest BCUT2D eigenvalue weighted by molar-refractivity contribution is 0.0343. The molecule has 5 aromatic heterocycles. The van der Waals surface area contributed by atoms with E-state index >= 15 is 4.39 Å². The van der Waals surface area contributed by atoms with Gasteiger partial charge in [0.15, 0.2) is 5.82 Å². The molecule has 1 unspecified atom stereocenters. The van der Waals surface area contributed by atoms with E-state index in [9.17, 15) is 8.78 Å². The summed E-state index contributed by atoms with van der Waals surface area (Å²) in [7, 11) is -0.563. The molecule has 0 saturated carbocycles. The van der Waals surface area contributed by atoms with Gasteiger partial charge >= 0.3 is 7.12 Å². The summed E-state index contributed by atoms with van der Waals surface area (Å²) in [6.45, 7) is 8.06. The lowest BCUT2D eigenvalue weighted by atomic mass is 9.75. The summed E-state index contributed by atoms with van der Waals surface area (Å²) >= 11 is 0. The van der Waals surface area contributed by atoms with Crippen molar-refractivity contribution in [2.24, 2.45) is 11.3 Å². The molecule has 0 amide bonds. The lowest BCUT2D eigenvalue weighted by Gasteiger charge is -2.33. The van der Waals surface area contributed by atoms with Crippen molar-refractivity contribution in [2.75, 3.05) is 24.7 Å². The van der Waals surface area contributed by atoms with Gasteiger partial charge in [0, 0.05) is 89.0 Å². The minimum Gasteiger partial charge on any atom is -0.407 e. The first-order chi connectivity index (χ1) is 26.9. The van der Waals surface area contributed by atoms with Crippen LogP contribution in [0, 0.1) is 28.8 Å². The van der Waals surface area contributed by atoms with Crippen LogP contribution in [0.2, 0.25) is 0 Å². The highest BCUT2D eigenvalue weighted by Crippen LogP contribution is 2.33. The number of nitrogen functional groups attached to an aromatic ring is 2. The van der Waals surface area contributed by atoms with E-state index in [1.807, 2.05) is 41.5 Å². The summed E-state index contributed by atoms with van der Waals surface area (Å²) in [5.74, 6) is -1.69. The van der Waals surface area contributed by atoms with Crippen LogP contribution in [0.3, 0.4) is 0 Å². The first-order valence-electron chi connectivity index (χ1n) is 18.4. The second-order valence-electron chi connectivity index (χ2n) is 15.4. The topological polar surface area (TPSA) is 131 Å². The molecule has 1 fully saturated rings. The highest BCUT2D eigenvalue weighted by Gasteiger charge is 2.34. The van der Waals surface area contributed by atoms with Gasteiger partial charge in [-0.05, 0) is 77.8 Å². The number of pyridine rings is 3. The van der Waals surface area contributed by atoms with Gasteiger partial charge in [-0.1, -0.05) is 32.9 Å². The van der Waals surface area contributed by atoms with Crippen LogP contribution < -0.4 is 16.9 Å². The normalized spacial score (nSPS) is 14.7. The monoisotopic (exact) mass is 756 g/mol. The molecular formula is C42H40BF3N8O2. The molecule has 0 radical (unpaired) electrons. The number of aryl methyl sites for hydroxylation is 1. The molecule has 0 spiro atoms. The lowest BCUT2D eigenvalue weighted by Crippen LogP contribution is -2.47. The maximum absolute atomic E-state index is 15.5. The molecule has 2 aromatic carbocycles. The number of aromatic nitrogens is 6. The van der Waals surface area contributed by atoms with Gasteiger partial charge in [0.05, 0.1) is 24.1 Å². The number of nitrogens with zero attached hydrogens (tertiary/aromatic N) is 6. The van der Waals surface area contributed by atoms with Crippen LogP contribution in [-0.4, -0.2) is 49.7 Å². The molecule has 56 heavy (non-hydrogen) atoms. The van der Waals surface area contributed by atoms with Crippen molar-refractivity contribution >= 4 is 29.5 Å². The number of fused-ring (bicyclic) bond motifs is 1. The minimum absolute atomic E-state index is 0.0139. The third-order valence-corrected chi connectivity index (χ3v) is 9.94. The van der Waals surface area contributed by atoms with E-state index in [4.69, 9.17) is 20.8 Å². The Kier molecular flexibility index (Phi) is 9.85. The van der Waals surface area contributed by atoms with E-state index in [0.29, 0.717) is 48.7 Å². The van der Waals surface area contributed by atoms with Crippen LogP contribution in [0.1, 0.15) is 32.8 Å². The van der Waals surface area contributed by atoms with Gasteiger partial charge in [0.25, 0.3) is 0 Å². The van der Waals surface area contributed by atoms with E-state index in [0.717, 1.165) is 57.5 Å². The zero-order chi connectivity index (χ0) is 39.1. The van der Waals surface area contributed by atoms with Crippen LogP contribution in [0.5, 0.6) is 0 Å². The smallest absolute Gasteiger partial charge is 0.407 e. The van der Waals surface area contributed by atoms with Gasteiger partial charge in [0.2, 0.25) is 0 Å². The first-order valence-corrected chi connectivity index (χ1v) is 18.4. The first kappa shape index (κ1) is 37.0. The van der Waals surface area contributed by atoms with Gasteiger partial charge in [-0.15, -0.1) is 0 Å². The number of nitrogens with two attached hydrogens (primary N) is 2. The van der Waals surface area contributed by atoms with Gasteiger partial charge in [-0.2, -0.15) is 10.2 Å². The summed E-state index contributed by atoms with van der Waals surface area (Å²) in [5, 5.41) is 9.16. The third-order valence-electron chi connectivity index (χ3n) is 9.94. The number of hydrogen-bond donors (Lipinski definition) is 2. The Balaban J connectivity index is 0.907. The minimum atomic E-state index is -0.769. The van der Waals surface area contributed by atoms with Crippen LogP contribution >= 0.6 is 0 Å². The second kappa shape index (κ2) is 14.9. The van der Waals surface area contributed by atoms with E-state index in [1.54, 1.807) is 53.3 Å². The Bertz CT molecular complexity index is 2560. The Morgan fingerprint density at radius 2 is 1.45 bits per heavy atom. The van der Waals surface area contributed by atoms with Gasteiger partial charge < -0.3 is 20.8 Å². The summed E-state index contributed by atoms with van der Waals surface area (Å²) < 4.78 is 59.1. The Labute approximate surface area is 322 Å². The molecule has 0 aliphatic carbocycles. The Morgan fingerprint density at radius 3 is 2.20 bits per heavy atom. The molecule has 10 nitrogen and oxygen atoms in total. The predicted octanol–water partition coefficient (Wildman–Crippen LogP) is 7.61. The number of benzene rings is 2. The SMILES string of the molecule is CC(CCn1cc(-c2ccc3c(-c4cc(N)cc(-c5ncc(F)cc5F)c4)cnn3c2)cn1)Cc1cnc(-c2cc(N)cc(B3OCC(C)(C)CO3)c2)c(F)c1. The fraction of sp³-hybridized carbons (Fsp3) is 0.238. The quantitative estimate of drug-likeness (QED) is 0.108. The predicted molar refractivity (Wildman–Crippen MR) is 212 cm³/mol. The molecule has 7 aromatic rings. The fourth-order valence-corrected chi connectivity index (χ4v) is 7.08. The van der Waals surface area contributed by atoms with Crippen molar-refractivity contribution in [1.29, 1.82) is 0 Å². The molecule has 1 aliphatic rings. The second-order valence-corrected chi connectivity index (χ2v) is 15.4. The van der Waals surface area contributed by atoms with Crippen LogP contribution in [0.25, 0.3) is 50.3 Å². The summed E-state index contributed by atoms with van der Waals surface area (Å²) in [4.78, 5) is 8.44. The maximum Gasteiger partial charge on any atom is 0.493 e. The molecular weight excluding hydrogens is 716 g/mol.